The first-order valence-electron chi connectivity index (χ1n) is 28.5. The summed E-state index contributed by atoms with van der Waals surface area (Å²) in [7, 11) is 0. The highest BCUT2D eigenvalue weighted by Gasteiger charge is 2.50. The molecular formula is C63H98O12. The van der Waals surface area contributed by atoms with Crippen LogP contribution in [0.15, 0.2) is 122 Å². The zero-order valence-electron chi connectivity index (χ0n) is 46.2. The van der Waals surface area contributed by atoms with Crippen LogP contribution < -0.4 is 0 Å². The highest BCUT2D eigenvalue weighted by molar-refractivity contribution is 5.74. The maximum absolute atomic E-state index is 13.1. The second kappa shape index (κ2) is 50.0. The summed E-state index contributed by atoms with van der Waals surface area (Å²) in [5.74, 6) is -3.47. The fourth-order valence-corrected chi connectivity index (χ4v) is 7.81. The molecule has 6 unspecified atom stereocenters. The van der Waals surface area contributed by atoms with E-state index in [1.54, 1.807) is 12.2 Å². The number of carboxylic acid groups (broad SMARTS) is 1. The van der Waals surface area contributed by atoms with Gasteiger partial charge < -0.3 is 39.0 Å². The maximum Gasteiger partial charge on any atom is 0.335 e. The smallest absolute Gasteiger partial charge is 0.335 e. The van der Waals surface area contributed by atoms with Crippen molar-refractivity contribution in [2.45, 2.75) is 237 Å². The molecule has 3 N–H and O–H groups in total. The van der Waals surface area contributed by atoms with Gasteiger partial charge in [-0.2, -0.15) is 0 Å². The average Bonchev–Trinajstić information content (AvgIpc) is 3.39. The molecule has 0 aromatic rings. The van der Waals surface area contributed by atoms with Gasteiger partial charge in [0, 0.05) is 6.42 Å². The van der Waals surface area contributed by atoms with Gasteiger partial charge in [0.15, 0.2) is 24.6 Å². The molecule has 0 radical (unpaired) electrons. The molecule has 1 fully saturated rings. The van der Waals surface area contributed by atoms with Crippen LogP contribution in [0.1, 0.15) is 201 Å². The number of esters is 3. The Labute approximate surface area is 452 Å². The molecule has 1 rings (SSSR count). The van der Waals surface area contributed by atoms with Gasteiger partial charge in [-0.1, -0.05) is 232 Å². The molecule has 75 heavy (non-hydrogen) atoms. The molecule has 12 nitrogen and oxygen atoms in total. The third-order valence-corrected chi connectivity index (χ3v) is 12.1. The van der Waals surface area contributed by atoms with Crippen LogP contribution in [0, 0.1) is 0 Å². The van der Waals surface area contributed by atoms with Crippen LogP contribution >= 0.6 is 0 Å². The van der Waals surface area contributed by atoms with Crippen molar-refractivity contribution < 1.29 is 58.2 Å². The molecule has 0 aromatic heterocycles. The van der Waals surface area contributed by atoms with Gasteiger partial charge in [-0.25, -0.2) is 4.79 Å². The van der Waals surface area contributed by atoms with Crippen LogP contribution in [0.5, 0.6) is 0 Å². The van der Waals surface area contributed by atoms with Gasteiger partial charge in [0.1, 0.15) is 18.8 Å². The Morgan fingerprint density at radius 1 is 0.453 bits per heavy atom. The van der Waals surface area contributed by atoms with Gasteiger partial charge in [0.05, 0.1) is 19.4 Å². The Morgan fingerprint density at radius 3 is 1.23 bits per heavy atom. The third-order valence-electron chi connectivity index (χ3n) is 12.1. The maximum atomic E-state index is 13.1. The zero-order chi connectivity index (χ0) is 54.7. The zero-order valence-corrected chi connectivity index (χ0v) is 46.2. The Bertz CT molecular complexity index is 1770. The van der Waals surface area contributed by atoms with Gasteiger partial charge in [-0.05, 0) is 70.6 Å². The lowest BCUT2D eigenvalue weighted by molar-refractivity contribution is -0.301. The Hall–Kier alpha value is -4.88. The number of hydrogen-bond donors (Lipinski definition) is 3. The lowest BCUT2D eigenvalue weighted by atomic mass is 9.98. The summed E-state index contributed by atoms with van der Waals surface area (Å²) in [4.78, 5) is 50.9. The number of aliphatic hydroxyl groups is 2. The lowest BCUT2D eigenvalue weighted by Crippen LogP contribution is -2.61. The summed E-state index contributed by atoms with van der Waals surface area (Å²) in [6, 6.07) is 0. The van der Waals surface area contributed by atoms with Crippen LogP contribution in [-0.2, 0) is 42.9 Å². The van der Waals surface area contributed by atoms with Crippen molar-refractivity contribution in [1.29, 1.82) is 0 Å². The predicted octanol–water partition coefficient (Wildman–Crippen LogP) is 14.4. The van der Waals surface area contributed by atoms with Crippen LogP contribution in [0.25, 0.3) is 0 Å². The summed E-state index contributed by atoms with van der Waals surface area (Å²) < 4.78 is 28.1. The largest absolute Gasteiger partial charge is 0.479 e. The standard InChI is InChI=1S/C63H98O12/c1-4-7-10-13-16-19-22-25-28-31-34-37-40-43-46-49-55(64)71-52-54(73-56(65)50-47-44-41-38-35-32-29-26-23-20-17-14-11-8-5-2)53-72-63-61(59(68)58(67)60(75-63)62(69)70)74-57(66)51-48-45-42-39-36-33-30-27-24-21-18-15-12-9-6-3/h7-8,10-11,16-17,19-20,25-26,28-29,34-35,37-38,43-44,46-47,54,58-61,63,67-68H,4-6,9,12-15,18,21-24,27,30-33,36,39-42,45,48-53H2,1-3H3,(H,69,70)/b10-7-,11-8-,19-16-,20-17-,28-25-,29-26-,37-34-,38-35-,46-43-,47-44-. The fourth-order valence-electron chi connectivity index (χ4n) is 7.81. The number of aliphatic carboxylic acids is 1. The minimum atomic E-state index is -1.93. The Morgan fingerprint density at radius 2 is 0.827 bits per heavy atom. The molecule has 0 bridgehead atoms. The summed E-state index contributed by atoms with van der Waals surface area (Å²) in [5.41, 5.74) is 0. The van der Waals surface area contributed by atoms with E-state index in [9.17, 15) is 34.5 Å². The fraction of sp³-hybridized carbons (Fsp3) is 0.619. The van der Waals surface area contributed by atoms with Gasteiger partial charge in [0.25, 0.3) is 0 Å². The average molecular weight is 1050 g/mol. The second-order valence-corrected chi connectivity index (χ2v) is 18.9. The molecule has 12 heteroatoms. The molecular weight excluding hydrogens is 949 g/mol. The lowest BCUT2D eigenvalue weighted by Gasteiger charge is -2.40. The van der Waals surface area contributed by atoms with Crippen molar-refractivity contribution >= 4 is 23.9 Å². The van der Waals surface area contributed by atoms with Crippen LogP contribution in [0.4, 0.5) is 0 Å². The first-order valence-corrected chi connectivity index (χ1v) is 28.5. The molecule has 0 aromatic carbocycles. The number of hydrogen-bond acceptors (Lipinski definition) is 11. The molecule has 0 spiro atoms. The van der Waals surface area contributed by atoms with Gasteiger partial charge >= 0.3 is 23.9 Å². The molecule has 1 saturated heterocycles. The summed E-state index contributed by atoms with van der Waals surface area (Å²) in [6.07, 6.45) is 56.6. The predicted molar refractivity (Wildman–Crippen MR) is 303 cm³/mol. The second-order valence-electron chi connectivity index (χ2n) is 18.9. The number of aliphatic hydroxyl groups excluding tert-OH is 2. The Kier molecular flexibility index (Phi) is 45.4. The van der Waals surface area contributed by atoms with E-state index in [1.165, 1.54) is 64.2 Å². The van der Waals surface area contributed by atoms with Crippen molar-refractivity contribution in [2.24, 2.45) is 0 Å². The van der Waals surface area contributed by atoms with E-state index < -0.39 is 73.9 Å². The van der Waals surface area contributed by atoms with E-state index in [0.717, 1.165) is 77.0 Å². The van der Waals surface area contributed by atoms with Crippen molar-refractivity contribution in [3.8, 4) is 0 Å². The number of carbonyl (C=O) groups excluding carboxylic acids is 3. The van der Waals surface area contributed by atoms with Gasteiger partial charge in [-0.3, -0.25) is 14.4 Å². The van der Waals surface area contributed by atoms with Crippen molar-refractivity contribution in [1.82, 2.24) is 0 Å². The molecule has 1 heterocycles. The topological polar surface area (TPSA) is 175 Å². The minimum Gasteiger partial charge on any atom is -0.479 e. The van der Waals surface area contributed by atoms with Gasteiger partial charge in [-0.15, -0.1) is 0 Å². The first kappa shape index (κ1) is 68.1. The molecule has 0 aliphatic carbocycles. The van der Waals surface area contributed by atoms with Crippen molar-refractivity contribution in [3.05, 3.63) is 122 Å². The number of unbranched alkanes of at least 4 members (excludes halogenated alkanes) is 14. The highest BCUT2D eigenvalue weighted by atomic mass is 16.7. The monoisotopic (exact) mass is 1050 g/mol. The molecule has 422 valence electrons. The first-order chi connectivity index (χ1) is 36.6. The van der Waals surface area contributed by atoms with E-state index in [1.807, 2.05) is 36.5 Å². The van der Waals surface area contributed by atoms with Crippen LogP contribution in [0.2, 0.25) is 0 Å². The van der Waals surface area contributed by atoms with Crippen molar-refractivity contribution in [2.75, 3.05) is 13.2 Å². The summed E-state index contributed by atoms with van der Waals surface area (Å²) in [6.45, 7) is 5.57. The van der Waals surface area contributed by atoms with E-state index in [0.29, 0.717) is 19.3 Å². The SMILES string of the molecule is CC/C=C\C/C=C\C/C=C\C/C=C\C/C=C\CC(=O)OCC(COC1OC(C(=O)O)C(O)C(O)C1OC(=O)CCCCCCCCCCCCCCCCC)OC(=O)C/C=C\C/C=C\C/C=C\C/C=C\C/C=C\CC. The van der Waals surface area contributed by atoms with E-state index in [4.69, 9.17) is 23.7 Å². The van der Waals surface area contributed by atoms with Crippen LogP contribution in [-0.4, -0.2) is 89.2 Å². The molecule has 0 amide bonds. The number of allylic oxidation sites excluding steroid dienone is 18. The molecule has 6 atom stereocenters. The normalized spacial score (nSPS) is 19.1. The number of carbonyl (C=O) groups is 4. The number of rotatable bonds is 46. The van der Waals surface area contributed by atoms with E-state index >= 15 is 0 Å². The highest BCUT2D eigenvalue weighted by Crippen LogP contribution is 2.26. The van der Waals surface area contributed by atoms with Crippen molar-refractivity contribution in [3.63, 3.8) is 0 Å². The number of ether oxygens (including phenoxy) is 5. The Balaban J connectivity index is 2.82. The molecule has 0 saturated carbocycles. The minimum absolute atomic E-state index is 0.0382. The van der Waals surface area contributed by atoms with Gasteiger partial charge in [0.2, 0.25) is 0 Å². The summed E-state index contributed by atoms with van der Waals surface area (Å²) >= 11 is 0. The quantitative estimate of drug-likeness (QED) is 0.0228. The molecule has 1 aliphatic heterocycles. The third kappa shape index (κ3) is 40.1. The van der Waals surface area contributed by atoms with E-state index in [-0.39, 0.29) is 19.3 Å². The molecule has 1 aliphatic rings. The number of carboxylic acids is 1. The van der Waals surface area contributed by atoms with E-state index in [2.05, 4.69) is 93.7 Å². The summed E-state index contributed by atoms with van der Waals surface area (Å²) in [5, 5.41) is 31.4. The van der Waals surface area contributed by atoms with Crippen LogP contribution in [0.3, 0.4) is 0 Å².